The minimum atomic E-state index is -2.97. The second kappa shape index (κ2) is 9.72. The SMILES string of the molecule is Cc1ccc(CC(=O)CCCCCS(=O)(=O)C(C)C)c(C)c1OCC1CC1. The lowest BCUT2D eigenvalue weighted by molar-refractivity contribution is -0.118. The van der Waals surface area contributed by atoms with Gasteiger partial charge in [0.25, 0.3) is 0 Å². The molecule has 4 nitrogen and oxygen atoms in total. The summed E-state index contributed by atoms with van der Waals surface area (Å²) in [5.74, 6) is 2.07. The largest absolute Gasteiger partial charge is 0.493 e. The standard InChI is InChI=1S/C22H34O4S/c1-16(2)27(24,25)13-7-5-6-8-21(23)14-20-12-9-17(3)22(18(20)4)26-15-19-10-11-19/h9,12,16,19H,5-8,10-11,13-15H2,1-4H3. The predicted molar refractivity (Wildman–Crippen MR) is 110 cm³/mol. The zero-order valence-electron chi connectivity index (χ0n) is 17.2. The highest BCUT2D eigenvalue weighted by Crippen LogP contribution is 2.32. The first-order valence-corrected chi connectivity index (χ1v) is 11.9. The number of carbonyl (C=O) groups excluding carboxylic acids is 1. The molecular weight excluding hydrogens is 360 g/mol. The van der Waals surface area contributed by atoms with Crippen LogP contribution in [-0.4, -0.2) is 31.8 Å². The van der Waals surface area contributed by atoms with Gasteiger partial charge in [0.15, 0.2) is 9.84 Å². The molecule has 1 fully saturated rings. The molecule has 0 unspecified atom stereocenters. The maximum absolute atomic E-state index is 12.3. The van der Waals surface area contributed by atoms with Crippen molar-refractivity contribution in [2.75, 3.05) is 12.4 Å². The molecule has 0 aromatic heterocycles. The van der Waals surface area contributed by atoms with E-state index in [4.69, 9.17) is 4.74 Å². The predicted octanol–water partition coefficient (Wildman–Crippen LogP) is 4.59. The molecule has 1 saturated carbocycles. The van der Waals surface area contributed by atoms with Gasteiger partial charge in [0.2, 0.25) is 0 Å². The Labute approximate surface area is 164 Å². The van der Waals surface area contributed by atoms with Gasteiger partial charge in [-0.2, -0.15) is 0 Å². The number of rotatable bonds is 12. The number of aryl methyl sites for hydroxylation is 1. The lowest BCUT2D eigenvalue weighted by Crippen LogP contribution is -2.17. The molecule has 0 radical (unpaired) electrons. The van der Waals surface area contributed by atoms with Crippen molar-refractivity contribution in [1.82, 2.24) is 0 Å². The summed E-state index contributed by atoms with van der Waals surface area (Å²) in [6, 6.07) is 4.07. The Morgan fingerprint density at radius 1 is 1.15 bits per heavy atom. The summed E-state index contributed by atoms with van der Waals surface area (Å²) in [6.45, 7) is 8.29. The average Bonchev–Trinajstić information content (AvgIpc) is 3.41. The zero-order valence-corrected chi connectivity index (χ0v) is 18.0. The number of sulfone groups is 1. The molecule has 1 aromatic carbocycles. The molecule has 152 valence electrons. The summed E-state index contributed by atoms with van der Waals surface area (Å²) in [5.41, 5.74) is 3.24. The van der Waals surface area contributed by atoms with E-state index in [2.05, 4.69) is 0 Å². The van der Waals surface area contributed by atoms with Crippen LogP contribution in [0, 0.1) is 19.8 Å². The van der Waals surface area contributed by atoms with E-state index in [1.54, 1.807) is 13.8 Å². The smallest absolute Gasteiger partial charge is 0.152 e. The first-order chi connectivity index (χ1) is 12.7. The van der Waals surface area contributed by atoms with E-state index in [0.29, 0.717) is 25.2 Å². The van der Waals surface area contributed by atoms with Gasteiger partial charge in [0, 0.05) is 12.8 Å². The summed E-state index contributed by atoms with van der Waals surface area (Å²) in [6.07, 6.45) is 5.62. The van der Waals surface area contributed by atoms with E-state index in [0.717, 1.165) is 41.9 Å². The Morgan fingerprint density at radius 2 is 1.85 bits per heavy atom. The second-order valence-electron chi connectivity index (χ2n) is 8.19. The Balaban J connectivity index is 1.78. The first kappa shape index (κ1) is 21.9. The fraction of sp³-hybridized carbons (Fsp3) is 0.682. The Kier molecular flexibility index (Phi) is 7.90. The highest BCUT2D eigenvalue weighted by Gasteiger charge is 2.23. The number of unbranched alkanes of at least 4 members (excludes halogenated alkanes) is 2. The molecule has 0 bridgehead atoms. The van der Waals surface area contributed by atoms with Crippen LogP contribution in [0.15, 0.2) is 12.1 Å². The zero-order chi connectivity index (χ0) is 20.0. The molecule has 0 saturated heterocycles. The number of hydrogen-bond acceptors (Lipinski definition) is 4. The van der Waals surface area contributed by atoms with Crippen LogP contribution in [0.5, 0.6) is 5.75 Å². The molecule has 0 spiro atoms. The number of Topliss-reactive ketones (excluding diaryl/α,β-unsaturated/α-hetero) is 1. The van der Waals surface area contributed by atoms with Gasteiger partial charge >= 0.3 is 0 Å². The van der Waals surface area contributed by atoms with Crippen LogP contribution in [0.1, 0.15) is 69.1 Å². The second-order valence-corrected chi connectivity index (χ2v) is 10.9. The van der Waals surface area contributed by atoms with Gasteiger partial charge in [-0.25, -0.2) is 8.42 Å². The number of benzene rings is 1. The third-order valence-electron chi connectivity index (χ3n) is 5.37. The molecule has 27 heavy (non-hydrogen) atoms. The monoisotopic (exact) mass is 394 g/mol. The molecular formula is C22H34O4S. The minimum Gasteiger partial charge on any atom is -0.493 e. The normalized spacial score (nSPS) is 14.6. The quantitative estimate of drug-likeness (QED) is 0.487. The van der Waals surface area contributed by atoms with Gasteiger partial charge in [-0.3, -0.25) is 4.79 Å². The molecule has 1 aromatic rings. The third-order valence-corrected chi connectivity index (χ3v) is 7.66. The average molecular weight is 395 g/mol. The topological polar surface area (TPSA) is 60.4 Å². The van der Waals surface area contributed by atoms with Crippen LogP contribution < -0.4 is 4.74 Å². The van der Waals surface area contributed by atoms with E-state index in [1.807, 2.05) is 26.0 Å². The van der Waals surface area contributed by atoms with Crippen molar-refractivity contribution in [2.24, 2.45) is 5.92 Å². The van der Waals surface area contributed by atoms with E-state index in [1.165, 1.54) is 12.8 Å². The molecule has 1 aliphatic carbocycles. The van der Waals surface area contributed by atoms with Crippen molar-refractivity contribution >= 4 is 15.6 Å². The van der Waals surface area contributed by atoms with Gasteiger partial charge in [-0.15, -0.1) is 0 Å². The Morgan fingerprint density at radius 3 is 2.48 bits per heavy atom. The van der Waals surface area contributed by atoms with Gasteiger partial charge < -0.3 is 4.74 Å². The van der Waals surface area contributed by atoms with Crippen molar-refractivity contribution in [3.8, 4) is 5.75 Å². The summed E-state index contributed by atoms with van der Waals surface area (Å²) in [4.78, 5) is 12.3. The number of carbonyl (C=O) groups is 1. The Hall–Kier alpha value is -1.36. The summed E-state index contributed by atoms with van der Waals surface area (Å²) in [5, 5.41) is -0.319. The van der Waals surface area contributed by atoms with E-state index in [9.17, 15) is 13.2 Å². The maximum Gasteiger partial charge on any atom is 0.152 e. The Bertz CT molecular complexity index is 746. The van der Waals surface area contributed by atoms with Gasteiger partial charge in [0.1, 0.15) is 11.5 Å². The van der Waals surface area contributed by atoms with Crippen LogP contribution in [-0.2, 0) is 21.1 Å². The van der Waals surface area contributed by atoms with Crippen molar-refractivity contribution in [1.29, 1.82) is 0 Å². The highest BCUT2D eigenvalue weighted by atomic mass is 32.2. The van der Waals surface area contributed by atoms with Crippen molar-refractivity contribution in [3.05, 3.63) is 28.8 Å². The fourth-order valence-corrected chi connectivity index (χ4v) is 4.18. The molecule has 1 aliphatic rings. The van der Waals surface area contributed by atoms with Crippen LogP contribution in [0.4, 0.5) is 0 Å². The van der Waals surface area contributed by atoms with Crippen LogP contribution in [0.3, 0.4) is 0 Å². The minimum absolute atomic E-state index is 0.210. The first-order valence-electron chi connectivity index (χ1n) is 10.2. The lowest BCUT2D eigenvalue weighted by Gasteiger charge is -2.15. The number of ketones is 1. The molecule has 5 heteroatoms. The van der Waals surface area contributed by atoms with Crippen molar-refractivity contribution in [2.45, 2.75) is 77.9 Å². The molecule has 0 amide bonds. The molecule has 0 N–H and O–H groups in total. The molecule has 0 atom stereocenters. The molecule has 0 aliphatic heterocycles. The van der Waals surface area contributed by atoms with Gasteiger partial charge in [-0.1, -0.05) is 18.6 Å². The summed E-state index contributed by atoms with van der Waals surface area (Å²) in [7, 11) is -2.97. The van der Waals surface area contributed by atoms with Crippen molar-refractivity contribution < 1.29 is 17.9 Å². The van der Waals surface area contributed by atoms with Crippen LogP contribution in [0.25, 0.3) is 0 Å². The van der Waals surface area contributed by atoms with E-state index < -0.39 is 9.84 Å². The van der Waals surface area contributed by atoms with Gasteiger partial charge in [0.05, 0.1) is 17.6 Å². The van der Waals surface area contributed by atoms with E-state index >= 15 is 0 Å². The fourth-order valence-electron chi connectivity index (χ4n) is 3.11. The summed E-state index contributed by atoms with van der Waals surface area (Å²) >= 11 is 0. The van der Waals surface area contributed by atoms with E-state index in [-0.39, 0.29) is 16.8 Å². The van der Waals surface area contributed by atoms with Crippen LogP contribution >= 0.6 is 0 Å². The lowest BCUT2D eigenvalue weighted by atomic mass is 9.98. The maximum atomic E-state index is 12.3. The van der Waals surface area contributed by atoms with Crippen molar-refractivity contribution in [3.63, 3.8) is 0 Å². The third kappa shape index (κ3) is 6.95. The number of ether oxygens (including phenoxy) is 1. The molecule has 2 rings (SSSR count). The van der Waals surface area contributed by atoms with Crippen LogP contribution in [0.2, 0.25) is 0 Å². The van der Waals surface area contributed by atoms with Gasteiger partial charge in [-0.05, 0) is 76.0 Å². The summed E-state index contributed by atoms with van der Waals surface area (Å²) < 4.78 is 29.6. The highest BCUT2D eigenvalue weighted by molar-refractivity contribution is 7.91. The molecule has 0 heterocycles. The number of hydrogen-bond donors (Lipinski definition) is 0.